The Hall–Kier alpha value is -3.41. The van der Waals surface area contributed by atoms with Gasteiger partial charge < -0.3 is 9.50 Å². The van der Waals surface area contributed by atoms with Gasteiger partial charge in [-0.3, -0.25) is 4.79 Å². The minimum Gasteiger partial charge on any atom is -0.379 e. The summed E-state index contributed by atoms with van der Waals surface area (Å²) in [6.07, 6.45) is 1.41. The van der Waals surface area contributed by atoms with Crippen LogP contribution in [0, 0.1) is 11.3 Å². The zero-order valence-electron chi connectivity index (χ0n) is 15.4. The molecule has 0 aliphatic heterocycles. The lowest BCUT2D eigenvalue weighted by Gasteiger charge is -2.07. The fraction of sp³-hybridized carbons (Fsp3) is 0. The van der Waals surface area contributed by atoms with Crippen LogP contribution in [0.4, 0.5) is 5.69 Å². The van der Waals surface area contributed by atoms with Crippen LogP contribution in [0.15, 0.2) is 93.8 Å². The Morgan fingerprint density at radius 2 is 1.60 bits per heavy atom. The smallest absolute Gasteiger partial charge is 0.339 e. The van der Waals surface area contributed by atoms with Crippen molar-refractivity contribution in [3.63, 3.8) is 0 Å². The summed E-state index contributed by atoms with van der Waals surface area (Å²) in [5.74, 6) is -0.430. The van der Waals surface area contributed by atoms with E-state index in [-0.39, 0.29) is 16.2 Å². The van der Waals surface area contributed by atoms with Crippen LogP contribution in [0.2, 0.25) is 0 Å². The molecule has 0 saturated carbocycles. The second kappa shape index (κ2) is 9.39. The Bertz CT molecular complexity index is 1210. The summed E-state index contributed by atoms with van der Waals surface area (Å²) in [4.78, 5) is 12.4. The van der Waals surface area contributed by atoms with Gasteiger partial charge in [-0.2, -0.15) is 13.7 Å². The number of hydrogen-bond acceptors (Lipinski definition) is 5. The summed E-state index contributed by atoms with van der Waals surface area (Å²) >= 11 is 3.31. The van der Waals surface area contributed by atoms with Crippen molar-refractivity contribution in [3.05, 3.63) is 94.5 Å². The maximum absolute atomic E-state index is 12.3. The van der Waals surface area contributed by atoms with Crippen LogP contribution < -0.4 is 9.50 Å². The third-order valence-electron chi connectivity index (χ3n) is 3.90. The van der Waals surface area contributed by atoms with Gasteiger partial charge in [0.1, 0.15) is 22.3 Å². The van der Waals surface area contributed by atoms with Crippen LogP contribution >= 0.6 is 15.9 Å². The topological polar surface area (TPSA) is 96.3 Å². The van der Waals surface area contributed by atoms with Crippen molar-refractivity contribution in [2.45, 2.75) is 4.90 Å². The molecule has 30 heavy (non-hydrogen) atoms. The molecule has 0 aliphatic rings. The van der Waals surface area contributed by atoms with Gasteiger partial charge in [0.05, 0.1) is 0 Å². The number of hydrogen-bond donors (Lipinski definition) is 1. The van der Waals surface area contributed by atoms with Crippen molar-refractivity contribution in [3.8, 4) is 11.8 Å². The summed E-state index contributed by atoms with van der Waals surface area (Å²) in [6.45, 7) is 0. The van der Waals surface area contributed by atoms with E-state index in [1.165, 1.54) is 30.3 Å². The quantitative estimate of drug-likeness (QED) is 0.310. The van der Waals surface area contributed by atoms with Gasteiger partial charge in [0.25, 0.3) is 5.91 Å². The van der Waals surface area contributed by atoms with Crippen LogP contribution in [0.3, 0.4) is 0 Å². The Labute approximate surface area is 182 Å². The lowest BCUT2D eigenvalue weighted by Crippen LogP contribution is -2.13. The Morgan fingerprint density at radius 3 is 2.20 bits per heavy atom. The van der Waals surface area contributed by atoms with Gasteiger partial charge in [-0.1, -0.05) is 46.3 Å². The lowest BCUT2D eigenvalue weighted by molar-refractivity contribution is -0.112. The first-order valence-electron chi connectivity index (χ1n) is 8.66. The van der Waals surface area contributed by atoms with Crippen LogP contribution in [-0.2, 0) is 14.9 Å². The summed E-state index contributed by atoms with van der Waals surface area (Å²) in [7, 11) is -3.94. The van der Waals surface area contributed by atoms with Crippen LogP contribution in [0.1, 0.15) is 5.56 Å². The highest BCUT2D eigenvalue weighted by Gasteiger charge is 2.16. The molecular weight excluding hydrogens is 468 g/mol. The van der Waals surface area contributed by atoms with E-state index in [0.717, 1.165) is 4.47 Å². The number of carbonyl (C=O) groups is 1. The minimum atomic E-state index is -3.94. The molecule has 0 bridgehead atoms. The fourth-order valence-corrected chi connectivity index (χ4v) is 3.64. The first kappa shape index (κ1) is 21.3. The van der Waals surface area contributed by atoms with E-state index in [0.29, 0.717) is 11.3 Å². The highest BCUT2D eigenvalue weighted by atomic mass is 79.9. The van der Waals surface area contributed by atoms with Gasteiger partial charge >= 0.3 is 10.1 Å². The Balaban J connectivity index is 1.73. The van der Waals surface area contributed by atoms with Crippen molar-refractivity contribution in [2.75, 3.05) is 5.32 Å². The third-order valence-corrected chi connectivity index (χ3v) is 5.69. The van der Waals surface area contributed by atoms with E-state index in [2.05, 4.69) is 21.2 Å². The molecule has 6 nitrogen and oxygen atoms in total. The maximum atomic E-state index is 12.3. The second-order valence-electron chi connectivity index (χ2n) is 6.05. The molecule has 0 atom stereocenters. The molecule has 0 saturated heterocycles. The summed E-state index contributed by atoms with van der Waals surface area (Å²) < 4.78 is 30.5. The number of benzene rings is 3. The van der Waals surface area contributed by atoms with Gasteiger partial charge in [0.2, 0.25) is 0 Å². The van der Waals surface area contributed by atoms with Crippen LogP contribution in [0.5, 0.6) is 5.75 Å². The van der Waals surface area contributed by atoms with E-state index in [9.17, 15) is 18.5 Å². The monoisotopic (exact) mass is 482 g/mol. The molecule has 0 spiro atoms. The molecule has 8 heteroatoms. The first-order valence-corrected chi connectivity index (χ1v) is 10.9. The number of carbonyl (C=O) groups excluding carboxylic acids is 1. The van der Waals surface area contributed by atoms with Gasteiger partial charge in [0, 0.05) is 10.2 Å². The molecule has 3 rings (SSSR count). The minimum absolute atomic E-state index is 0.0466. The molecular formula is C22H15BrN2O4S. The molecule has 3 aromatic rings. The van der Waals surface area contributed by atoms with E-state index in [1.807, 2.05) is 6.07 Å². The highest BCUT2D eigenvalue weighted by molar-refractivity contribution is 9.10. The Kier molecular flexibility index (Phi) is 6.67. The van der Waals surface area contributed by atoms with Gasteiger partial charge in [0.15, 0.2) is 0 Å². The number of nitriles is 1. The van der Waals surface area contributed by atoms with Gasteiger partial charge in [-0.25, -0.2) is 0 Å². The maximum Gasteiger partial charge on any atom is 0.339 e. The largest absolute Gasteiger partial charge is 0.379 e. The normalized spacial score (nSPS) is 11.4. The first-order chi connectivity index (χ1) is 14.4. The summed E-state index contributed by atoms with van der Waals surface area (Å²) in [5, 5.41) is 12.0. The van der Waals surface area contributed by atoms with Crippen LogP contribution in [0.25, 0.3) is 6.08 Å². The van der Waals surface area contributed by atoms with Crippen LogP contribution in [-0.4, -0.2) is 14.3 Å². The number of rotatable bonds is 6. The van der Waals surface area contributed by atoms with E-state index in [1.54, 1.807) is 54.6 Å². The molecule has 0 aliphatic carbocycles. The molecule has 0 aromatic heterocycles. The fourth-order valence-electron chi connectivity index (χ4n) is 2.43. The average Bonchev–Trinajstić information content (AvgIpc) is 2.75. The van der Waals surface area contributed by atoms with E-state index >= 15 is 0 Å². The molecule has 0 fully saturated rings. The van der Waals surface area contributed by atoms with Gasteiger partial charge in [-0.05, 0) is 60.2 Å². The van der Waals surface area contributed by atoms with Crippen molar-refractivity contribution < 1.29 is 17.4 Å². The number of halogens is 1. The number of amides is 1. The van der Waals surface area contributed by atoms with Crippen molar-refractivity contribution >= 4 is 43.7 Å². The molecule has 0 heterocycles. The molecule has 150 valence electrons. The van der Waals surface area contributed by atoms with Crippen molar-refractivity contribution in [1.82, 2.24) is 0 Å². The third kappa shape index (κ3) is 5.56. The Morgan fingerprint density at radius 1 is 0.967 bits per heavy atom. The lowest BCUT2D eigenvalue weighted by atomic mass is 10.1. The SMILES string of the molecule is N#C/C(=C\c1ccc(OS(=O)(=O)c2ccccc2)cc1)C(=O)Nc1ccc(Br)cc1. The molecule has 0 radical (unpaired) electrons. The molecule has 0 unspecified atom stereocenters. The average molecular weight is 483 g/mol. The summed E-state index contributed by atoms with van der Waals surface area (Å²) in [6, 6.07) is 22.6. The second-order valence-corrected chi connectivity index (χ2v) is 8.51. The zero-order valence-corrected chi connectivity index (χ0v) is 17.9. The summed E-state index contributed by atoms with van der Waals surface area (Å²) in [5.41, 5.74) is 1.00. The number of nitrogens with zero attached hydrogens (tertiary/aromatic N) is 1. The predicted molar refractivity (Wildman–Crippen MR) is 117 cm³/mol. The molecule has 3 aromatic carbocycles. The molecule has 1 N–H and O–H groups in total. The van der Waals surface area contributed by atoms with Crippen molar-refractivity contribution in [1.29, 1.82) is 5.26 Å². The predicted octanol–water partition coefficient (Wildman–Crippen LogP) is 4.76. The number of nitrogens with one attached hydrogen (secondary N) is 1. The van der Waals surface area contributed by atoms with Crippen molar-refractivity contribution in [2.24, 2.45) is 0 Å². The standard InChI is InChI=1S/C22H15BrN2O4S/c23-18-8-10-19(11-9-18)25-22(26)17(15-24)14-16-6-12-20(13-7-16)29-30(27,28)21-4-2-1-3-5-21/h1-14H,(H,25,26)/b17-14+. The molecule has 1 amide bonds. The highest BCUT2D eigenvalue weighted by Crippen LogP contribution is 2.20. The van der Waals surface area contributed by atoms with Gasteiger partial charge in [-0.15, -0.1) is 0 Å². The zero-order chi connectivity index (χ0) is 21.6. The van der Waals surface area contributed by atoms with E-state index < -0.39 is 16.0 Å². The number of anilines is 1. The van der Waals surface area contributed by atoms with E-state index in [4.69, 9.17) is 4.18 Å².